The van der Waals surface area contributed by atoms with Crippen LogP contribution in [0.25, 0.3) is 11.0 Å². The molecule has 1 aromatic heterocycles. The first-order valence-electron chi connectivity index (χ1n) is 7.89. The summed E-state index contributed by atoms with van der Waals surface area (Å²) in [5, 5.41) is 9.16. The molecular formula is C17H24N2O2. The van der Waals surface area contributed by atoms with Crippen LogP contribution in [-0.2, 0) is 13.0 Å². The number of hydrogen-bond donors (Lipinski definition) is 1. The molecule has 0 spiro atoms. The van der Waals surface area contributed by atoms with E-state index in [0.29, 0.717) is 5.56 Å². The molecule has 0 unspecified atom stereocenters. The lowest BCUT2D eigenvalue weighted by Gasteiger charge is -2.09. The molecule has 2 aromatic rings. The van der Waals surface area contributed by atoms with Gasteiger partial charge in [0.25, 0.3) is 0 Å². The topological polar surface area (TPSA) is 55.1 Å². The van der Waals surface area contributed by atoms with E-state index in [1.165, 1.54) is 19.3 Å². The van der Waals surface area contributed by atoms with Crippen LogP contribution >= 0.6 is 0 Å². The van der Waals surface area contributed by atoms with Crippen molar-refractivity contribution in [2.24, 2.45) is 0 Å². The number of aryl methyl sites for hydroxylation is 2. The van der Waals surface area contributed by atoms with E-state index in [0.717, 1.165) is 42.7 Å². The summed E-state index contributed by atoms with van der Waals surface area (Å²) in [5.41, 5.74) is 2.19. The van der Waals surface area contributed by atoms with Crippen molar-refractivity contribution in [1.29, 1.82) is 0 Å². The minimum atomic E-state index is -0.882. The Labute approximate surface area is 125 Å². The van der Waals surface area contributed by atoms with E-state index in [-0.39, 0.29) is 0 Å². The third kappa shape index (κ3) is 3.63. The zero-order valence-electron chi connectivity index (χ0n) is 12.9. The summed E-state index contributed by atoms with van der Waals surface area (Å²) in [7, 11) is 0. The summed E-state index contributed by atoms with van der Waals surface area (Å²) in [6.07, 6.45) is 6.77. The van der Waals surface area contributed by atoms with E-state index >= 15 is 0 Å². The van der Waals surface area contributed by atoms with Crippen LogP contribution in [0.15, 0.2) is 18.2 Å². The second kappa shape index (κ2) is 7.25. The van der Waals surface area contributed by atoms with Crippen molar-refractivity contribution in [1.82, 2.24) is 9.55 Å². The third-order valence-electron chi connectivity index (χ3n) is 3.78. The average Bonchev–Trinajstić information content (AvgIpc) is 2.81. The molecule has 0 aliphatic heterocycles. The standard InChI is InChI=1S/C17H24N2O2/c1-3-5-6-7-11-19-15-12-13(17(20)21)9-10-14(15)18-16(19)8-4-2/h9-10,12H,3-8,11H2,1-2H3,(H,20,21). The monoisotopic (exact) mass is 288 g/mol. The van der Waals surface area contributed by atoms with Gasteiger partial charge in [-0.3, -0.25) is 0 Å². The quantitative estimate of drug-likeness (QED) is 0.738. The van der Waals surface area contributed by atoms with Gasteiger partial charge in [0, 0.05) is 13.0 Å². The molecule has 4 heteroatoms. The lowest BCUT2D eigenvalue weighted by Crippen LogP contribution is -2.05. The highest BCUT2D eigenvalue weighted by Gasteiger charge is 2.12. The molecule has 0 bridgehead atoms. The normalized spacial score (nSPS) is 11.1. The van der Waals surface area contributed by atoms with Gasteiger partial charge in [-0.25, -0.2) is 9.78 Å². The lowest BCUT2D eigenvalue weighted by atomic mass is 10.2. The Morgan fingerprint density at radius 2 is 2.00 bits per heavy atom. The minimum Gasteiger partial charge on any atom is -0.478 e. The highest BCUT2D eigenvalue weighted by Crippen LogP contribution is 2.20. The van der Waals surface area contributed by atoms with Crippen molar-refractivity contribution in [2.45, 2.75) is 58.9 Å². The predicted octanol–water partition coefficient (Wildman–Crippen LogP) is 4.27. The number of fused-ring (bicyclic) bond motifs is 1. The second-order valence-corrected chi connectivity index (χ2v) is 5.50. The number of carboxylic acids is 1. The van der Waals surface area contributed by atoms with Crippen LogP contribution in [0, 0.1) is 0 Å². The Morgan fingerprint density at radius 3 is 2.67 bits per heavy atom. The molecule has 0 fully saturated rings. The molecule has 0 amide bonds. The predicted molar refractivity (Wildman–Crippen MR) is 84.8 cm³/mol. The smallest absolute Gasteiger partial charge is 0.335 e. The van der Waals surface area contributed by atoms with Gasteiger partial charge in [-0.2, -0.15) is 0 Å². The van der Waals surface area contributed by atoms with Crippen LogP contribution in [0.3, 0.4) is 0 Å². The average molecular weight is 288 g/mol. The molecule has 1 heterocycles. The van der Waals surface area contributed by atoms with Gasteiger partial charge in [-0.05, 0) is 31.0 Å². The maximum Gasteiger partial charge on any atom is 0.335 e. The van der Waals surface area contributed by atoms with Crippen LogP contribution in [0.2, 0.25) is 0 Å². The van der Waals surface area contributed by atoms with E-state index in [1.807, 2.05) is 6.07 Å². The Balaban J connectivity index is 2.34. The summed E-state index contributed by atoms with van der Waals surface area (Å²) in [5.74, 6) is 0.194. The molecule has 0 radical (unpaired) electrons. The fourth-order valence-corrected chi connectivity index (χ4v) is 2.67. The third-order valence-corrected chi connectivity index (χ3v) is 3.78. The van der Waals surface area contributed by atoms with E-state index in [2.05, 4.69) is 23.4 Å². The largest absolute Gasteiger partial charge is 0.478 e. The molecule has 0 aliphatic rings. The Morgan fingerprint density at radius 1 is 1.19 bits per heavy atom. The molecule has 114 valence electrons. The number of aromatic nitrogens is 2. The maximum atomic E-state index is 11.2. The zero-order chi connectivity index (χ0) is 15.2. The second-order valence-electron chi connectivity index (χ2n) is 5.50. The molecule has 1 N–H and O–H groups in total. The van der Waals surface area contributed by atoms with Crippen molar-refractivity contribution in [3.63, 3.8) is 0 Å². The van der Waals surface area contributed by atoms with E-state index < -0.39 is 5.97 Å². The van der Waals surface area contributed by atoms with Crippen LogP contribution in [-0.4, -0.2) is 20.6 Å². The van der Waals surface area contributed by atoms with E-state index in [4.69, 9.17) is 5.11 Å². The summed E-state index contributed by atoms with van der Waals surface area (Å²) in [6.45, 7) is 5.27. The van der Waals surface area contributed by atoms with Gasteiger partial charge in [0.15, 0.2) is 0 Å². The van der Waals surface area contributed by atoms with Gasteiger partial charge in [-0.1, -0.05) is 33.1 Å². The van der Waals surface area contributed by atoms with Crippen molar-refractivity contribution >= 4 is 17.0 Å². The number of carbonyl (C=O) groups is 1. The van der Waals surface area contributed by atoms with E-state index in [1.54, 1.807) is 12.1 Å². The first kappa shape index (κ1) is 15.5. The summed E-state index contributed by atoms with van der Waals surface area (Å²) < 4.78 is 2.21. The van der Waals surface area contributed by atoms with Gasteiger partial charge in [-0.15, -0.1) is 0 Å². The lowest BCUT2D eigenvalue weighted by molar-refractivity contribution is 0.0697. The van der Waals surface area contributed by atoms with Crippen molar-refractivity contribution in [2.75, 3.05) is 0 Å². The summed E-state index contributed by atoms with van der Waals surface area (Å²) >= 11 is 0. The Hall–Kier alpha value is -1.84. The summed E-state index contributed by atoms with van der Waals surface area (Å²) in [6, 6.07) is 5.21. The fourth-order valence-electron chi connectivity index (χ4n) is 2.67. The SMILES string of the molecule is CCCCCCn1c(CCC)nc2ccc(C(=O)O)cc21. The molecule has 2 rings (SSSR count). The fraction of sp³-hybridized carbons (Fsp3) is 0.529. The number of rotatable bonds is 8. The highest BCUT2D eigenvalue weighted by atomic mass is 16.4. The van der Waals surface area contributed by atoms with Crippen molar-refractivity contribution < 1.29 is 9.90 Å². The van der Waals surface area contributed by atoms with Gasteiger partial charge < -0.3 is 9.67 Å². The van der Waals surface area contributed by atoms with Gasteiger partial charge in [0.2, 0.25) is 0 Å². The first-order valence-corrected chi connectivity index (χ1v) is 7.89. The molecule has 0 saturated carbocycles. The van der Waals surface area contributed by atoms with Crippen LogP contribution in [0.1, 0.15) is 62.1 Å². The number of hydrogen-bond acceptors (Lipinski definition) is 2. The number of aromatic carboxylic acids is 1. The molecule has 21 heavy (non-hydrogen) atoms. The number of benzene rings is 1. The van der Waals surface area contributed by atoms with E-state index in [9.17, 15) is 4.79 Å². The number of imidazole rings is 1. The number of nitrogens with zero attached hydrogens (tertiary/aromatic N) is 2. The van der Waals surface area contributed by atoms with Crippen LogP contribution < -0.4 is 0 Å². The molecule has 4 nitrogen and oxygen atoms in total. The van der Waals surface area contributed by atoms with Gasteiger partial charge >= 0.3 is 5.97 Å². The Bertz CT molecular complexity index is 617. The number of unbranched alkanes of at least 4 members (excludes halogenated alkanes) is 3. The highest BCUT2D eigenvalue weighted by molar-refractivity contribution is 5.92. The van der Waals surface area contributed by atoms with Gasteiger partial charge in [0.1, 0.15) is 5.82 Å². The zero-order valence-corrected chi connectivity index (χ0v) is 12.9. The summed E-state index contributed by atoms with van der Waals surface area (Å²) in [4.78, 5) is 15.8. The van der Waals surface area contributed by atoms with Crippen LogP contribution in [0.5, 0.6) is 0 Å². The molecule has 1 aromatic carbocycles. The molecule has 0 atom stereocenters. The van der Waals surface area contributed by atoms with Crippen LogP contribution in [0.4, 0.5) is 0 Å². The van der Waals surface area contributed by atoms with Gasteiger partial charge in [0.05, 0.1) is 16.6 Å². The maximum absolute atomic E-state index is 11.2. The molecule has 0 aliphatic carbocycles. The number of carboxylic acid groups (broad SMARTS) is 1. The Kier molecular flexibility index (Phi) is 5.37. The molecular weight excluding hydrogens is 264 g/mol. The molecule has 0 saturated heterocycles. The van der Waals surface area contributed by atoms with Crippen molar-refractivity contribution in [3.05, 3.63) is 29.6 Å². The minimum absolute atomic E-state index is 0.334. The van der Waals surface area contributed by atoms with Crippen molar-refractivity contribution in [3.8, 4) is 0 Å². The first-order chi connectivity index (χ1) is 10.2.